The molecule has 2 N–H and O–H groups in total. The van der Waals surface area contributed by atoms with Gasteiger partial charge in [-0.15, -0.1) is 10.2 Å². The van der Waals surface area contributed by atoms with Crippen LogP contribution in [0.15, 0.2) is 35.1 Å². The number of nitrogens with zero attached hydrogens (tertiary/aromatic N) is 2. The Morgan fingerprint density at radius 1 is 1.37 bits per heavy atom. The first-order valence-corrected chi connectivity index (χ1v) is 6.07. The molecule has 0 atom stereocenters. The summed E-state index contributed by atoms with van der Waals surface area (Å²) in [4.78, 5) is 11.6. The van der Waals surface area contributed by atoms with Crippen LogP contribution in [0.4, 0.5) is 5.69 Å². The van der Waals surface area contributed by atoms with Gasteiger partial charge in [-0.25, -0.2) is 0 Å². The van der Waals surface area contributed by atoms with Gasteiger partial charge in [0.05, 0.1) is 0 Å². The summed E-state index contributed by atoms with van der Waals surface area (Å²) in [5, 5.41) is 18.9. The highest BCUT2D eigenvalue weighted by atomic mass is 16.4. The van der Waals surface area contributed by atoms with Crippen LogP contribution in [0.3, 0.4) is 0 Å². The van der Waals surface area contributed by atoms with E-state index in [2.05, 4.69) is 15.5 Å². The molecule has 0 bridgehead atoms. The van der Waals surface area contributed by atoms with Crippen molar-refractivity contribution >= 4 is 11.6 Å². The molecule has 1 heterocycles. The standard InChI is InChI=1S/C13H15N3O3/c17-7-2-1-6-12(18)15-11-5-3-4-10(8-11)13-16-14-9-19-13/h3-5,8-9,17H,1-2,6-7H2,(H,15,18). The zero-order valence-electron chi connectivity index (χ0n) is 10.4. The van der Waals surface area contributed by atoms with E-state index in [1.165, 1.54) is 6.39 Å². The molecule has 0 unspecified atom stereocenters. The van der Waals surface area contributed by atoms with Gasteiger partial charge in [-0.3, -0.25) is 4.79 Å². The molecule has 19 heavy (non-hydrogen) atoms. The summed E-state index contributed by atoms with van der Waals surface area (Å²) < 4.78 is 5.10. The number of hydrogen-bond acceptors (Lipinski definition) is 5. The van der Waals surface area contributed by atoms with Gasteiger partial charge in [0.2, 0.25) is 18.2 Å². The first kappa shape index (κ1) is 13.2. The molecule has 0 saturated carbocycles. The number of aliphatic hydroxyl groups is 1. The summed E-state index contributed by atoms with van der Waals surface area (Å²) in [6.07, 6.45) is 2.96. The van der Waals surface area contributed by atoms with E-state index in [1.807, 2.05) is 12.1 Å². The van der Waals surface area contributed by atoms with Crippen LogP contribution in [0, 0.1) is 0 Å². The first-order chi connectivity index (χ1) is 9.29. The molecule has 0 aliphatic rings. The van der Waals surface area contributed by atoms with Crippen LogP contribution in [0.5, 0.6) is 0 Å². The molecule has 0 fully saturated rings. The molecule has 2 aromatic rings. The molecule has 2 rings (SSSR count). The number of aliphatic hydroxyl groups excluding tert-OH is 1. The highest BCUT2D eigenvalue weighted by molar-refractivity contribution is 5.91. The number of anilines is 1. The lowest BCUT2D eigenvalue weighted by Gasteiger charge is -2.05. The van der Waals surface area contributed by atoms with Gasteiger partial charge in [0.1, 0.15) is 0 Å². The smallest absolute Gasteiger partial charge is 0.247 e. The van der Waals surface area contributed by atoms with Gasteiger partial charge >= 0.3 is 0 Å². The van der Waals surface area contributed by atoms with Crippen LogP contribution in [-0.4, -0.2) is 27.8 Å². The normalized spacial score (nSPS) is 10.4. The summed E-state index contributed by atoms with van der Waals surface area (Å²) in [6.45, 7) is 0.111. The maximum atomic E-state index is 11.6. The largest absolute Gasteiger partial charge is 0.423 e. The second-order valence-corrected chi connectivity index (χ2v) is 4.05. The lowest BCUT2D eigenvalue weighted by Crippen LogP contribution is -2.11. The third-order valence-corrected chi connectivity index (χ3v) is 2.57. The van der Waals surface area contributed by atoms with Crippen molar-refractivity contribution in [3.8, 4) is 11.5 Å². The number of amides is 1. The van der Waals surface area contributed by atoms with Gasteiger partial charge in [-0.2, -0.15) is 0 Å². The highest BCUT2D eigenvalue weighted by Gasteiger charge is 2.06. The number of benzene rings is 1. The van der Waals surface area contributed by atoms with E-state index >= 15 is 0 Å². The fraction of sp³-hybridized carbons (Fsp3) is 0.308. The summed E-state index contributed by atoms with van der Waals surface area (Å²) in [6, 6.07) is 7.21. The molecule has 0 saturated heterocycles. The van der Waals surface area contributed by atoms with E-state index in [0.717, 1.165) is 5.56 Å². The molecule has 100 valence electrons. The van der Waals surface area contributed by atoms with Crippen molar-refractivity contribution in [3.05, 3.63) is 30.7 Å². The maximum absolute atomic E-state index is 11.6. The number of carbonyl (C=O) groups excluding carboxylic acids is 1. The average molecular weight is 261 g/mol. The van der Waals surface area contributed by atoms with Crippen molar-refractivity contribution in [2.45, 2.75) is 19.3 Å². The number of carbonyl (C=O) groups is 1. The number of unbranched alkanes of at least 4 members (excludes halogenated alkanes) is 1. The van der Waals surface area contributed by atoms with E-state index < -0.39 is 0 Å². The molecular weight excluding hydrogens is 246 g/mol. The average Bonchev–Trinajstić information content (AvgIpc) is 2.93. The second kappa shape index (κ2) is 6.65. The summed E-state index contributed by atoms with van der Waals surface area (Å²) in [5.74, 6) is 0.340. The minimum absolute atomic E-state index is 0.0730. The van der Waals surface area contributed by atoms with Crippen molar-refractivity contribution in [3.63, 3.8) is 0 Å². The fourth-order valence-electron chi connectivity index (χ4n) is 1.65. The van der Waals surface area contributed by atoms with Crippen LogP contribution in [-0.2, 0) is 4.79 Å². The molecule has 0 aliphatic heterocycles. The second-order valence-electron chi connectivity index (χ2n) is 4.05. The van der Waals surface area contributed by atoms with Crippen molar-refractivity contribution in [2.24, 2.45) is 0 Å². The van der Waals surface area contributed by atoms with E-state index in [1.54, 1.807) is 12.1 Å². The minimum atomic E-state index is -0.0730. The predicted molar refractivity (Wildman–Crippen MR) is 69.3 cm³/mol. The Morgan fingerprint density at radius 3 is 3.00 bits per heavy atom. The lowest BCUT2D eigenvalue weighted by molar-refractivity contribution is -0.116. The number of aromatic nitrogens is 2. The van der Waals surface area contributed by atoms with Crippen molar-refractivity contribution < 1.29 is 14.3 Å². The molecule has 1 amide bonds. The molecule has 1 aromatic carbocycles. The Morgan fingerprint density at radius 2 is 2.26 bits per heavy atom. The minimum Gasteiger partial charge on any atom is -0.423 e. The number of nitrogens with one attached hydrogen (secondary N) is 1. The van der Waals surface area contributed by atoms with Crippen molar-refractivity contribution in [1.29, 1.82) is 0 Å². The molecule has 0 spiro atoms. The third kappa shape index (κ3) is 3.89. The topological polar surface area (TPSA) is 88.2 Å². The van der Waals surface area contributed by atoms with Gasteiger partial charge in [-0.05, 0) is 31.0 Å². The predicted octanol–water partition coefficient (Wildman–Crippen LogP) is 1.84. The molecule has 0 aliphatic carbocycles. The van der Waals surface area contributed by atoms with Gasteiger partial charge in [0.15, 0.2) is 0 Å². The molecule has 6 nitrogen and oxygen atoms in total. The zero-order chi connectivity index (χ0) is 13.5. The zero-order valence-corrected chi connectivity index (χ0v) is 10.4. The van der Waals surface area contributed by atoms with Crippen LogP contribution in [0.2, 0.25) is 0 Å². The van der Waals surface area contributed by atoms with E-state index in [9.17, 15) is 4.79 Å². The lowest BCUT2D eigenvalue weighted by atomic mass is 10.2. The van der Waals surface area contributed by atoms with Crippen LogP contribution < -0.4 is 5.32 Å². The monoisotopic (exact) mass is 261 g/mol. The Bertz CT molecular complexity index is 526. The van der Waals surface area contributed by atoms with E-state index in [4.69, 9.17) is 9.52 Å². The van der Waals surface area contributed by atoms with Gasteiger partial charge in [0, 0.05) is 24.3 Å². The van der Waals surface area contributed by atoms with Crippen LogP contribution in [0.1, 0.15) is 19.3 Å². The van der Waals surface area contributed by atoms with Gasteiger partial charge < -0.3 is 14.8 Å². The Kier molecular flexibility index (Phi) is 4.63. The van der Waals surface area contributed by atoms with E-state index in [0.29, 0.717) is 30.8 Å². The van der Waals surface area contributed by atoms with E-state index in [-0.39, 0.29) is 12.5 Å². The van der Waals surface area contributed by atoms with Crippen LogP contribution >= 0.6 is 0 Å². The summed E-state index contributed by atoms with van der Waals surface area (Å²) >= 11 is 0. The fourth-order valence-corrected chi connectivity index (χ4v) is 1.65. The molecule has 6 heteroatoms. The summed E-state index contributed by atoms with van der Waals surface area (Å²) in [5.41, 5.74) is 1.44. The molecular formula is C13H15N3O3. The Hall–Kier alpha value is -2.21. The highest BCUT2D eigenvalue weighted by Crippen LogP contribution is 2.20. The Labute approximate surface area is 110 Å². The first-order valence-electron chi connectivity index (χ1n) is 6.07. The molecule has 1 aromatic heterocycles. The van der Waals surface area contributed by atoms with Crippen molar-refractivity contribution in [2.75, 3.05) is 11.9 Å². The van der Waals surface area contributed by atoms with Gasteiger partial charge in [-0.1, -0.05) is 6.07 Å². The summed E-state index contributed by atoms with van der Waals surface area (Å²) in [7, 11) is 0. The van der Waals surface area contributed by atoms with Crippen LogP contribution in [0.25, 0.3) is 11.5 Å². The quantitative estimate of drug-likeness (QED) is 0.774. The number of rotatable bonds is 6. The Balaban J connectivity index is 1.97. The molecule has 0 radical (unpaired) electrons. The maximum Gasteiger partial charge on any atom is 0.247 e. The van der Waals surface area contributed by atoms with Gasteiger partial charge in [0.25, 0.3) is 0 Å². The SMILES string of the molecule is O=C(CCCCO)Nc1cccc(-c2nnco2)c1. The number of hydrogen-bond donors (Lipinski definition) is 2. The third-order valence-electron chi connectivity index (χ3n) is 2.57. The van der Waals surface area contributed by atoms with Crippen molar-refractivity contribution in [1.82, 2.24) is 10.2 Å².